The fourth-order valence-electron chi connectivity index (χ4n) is 4.78. The van der Waals surface area contributed by atoms with Crippen molar-refractivity contribution in [2.45, 2.75) is 51.1 Å². The molecule has 2 aromatic carbocycles. The maximum absolute atomic E-state index is 13.6. The van der Waals surface area contributed by atoms with Gasteiger partial charge in [-0.15, -0.1) is 0 Å². The first-order chi connectivity index (χ1) is 15.1. The summed E-state index contributed by atoms with van der Waals surface area (Å²) in [7, 11) is 1.66. The number of ether oxygens (including phenoxy) is 1. The molecule has 31 heavy (non-hydrogen) atoms. The van der Waals surface area contributed by atoms with E-state index in [0.717, 1.165) is 54.7 Å². The van der Waals surface area contributed by atoms with Gasteiger partial charge in [0.1, 0.15) is 5.75 Å². The normalized spacial score (nSPS) is 20.7. The van der Waals surface area contributed by atoms with Gasteiger partial charge in [-0.1, -0.05) is 49.2 Å². The molecule has 5 heteroatoms. The number of fused-ring (bicyclic) bond motifs is 1. The predicted octanol–water partition coefficient (Wildman–Crippen LogP) is 5.10. The molecule has 0 bridgehead atoms. The van der Waals surface area contributed by atoms with Crippen LogP contribution in [-0.2, 0) is 9.59 Å². The maximum Gasteiger partial charge on any atom is 0.225 e. The van der Waals surface area contributed by atoms with Crippen molar-refractivity contribution in [3.63, 3.8) is 0 Å². The Hall–Kier alpha value is -3.08. The molecule has 1 saturated heterocycles. The third-order valence-electron chi connectivity index (χ3n) is 6.41. The van der Waals surface area contributed by atoms with Crippen LogP contribution in [0, 0.1) is 0 Å². The van der Waals surface area contributed by atoms with Gasteiger partial charge in [0.05, 0.1) is 25.6 Å². The van der Waals surface area contributed by atoms with Crippen molar-refractivity contribution in [1.29, 1.82) is 0 Å². The molecule has 1 fully saturated rings. The molecule has 162 valence electrons. The van der Waals surface area contributed by atoms with E-state index in [4.69, 9.17) is 4.74 Å². The average molecular weight is 419 g/mol. The lowest BCUT2D eigenvalue weighted by Gasteiger charge is -2.36. The number of nitrogens with zero attached hydrogens (tertiary/aromatic N) is 2. The van der Waals surface area contributed by atoms with Crippen LogP contribution in [0.25, 0.3) is 6.08 Å². The molecule has 0 spiro atoms. The summed E-state index contributed by atoms with van der Waals surface area (Å²) >= 11 is 0. The molecule has 4 rings (SSSR count). The zero-order valence-electron chi connectivity index (χ0n) is 18.3. The lowest BCUT2D eigenvalue weighted by molar-refractivity contribution is -0.136. The van der Waals surface area contributed by atoms with Crippen LogP contribution < -0.4 is 4.74 Å². The molecule has 2 aliphatic rings. The number of benzene rings is 2. The largest absolute Gasteiger partial charge is 0.497 e. The number of methoxy groups -OCH3 is 1. The summed E-state index contributed by atoms with van der Waals surface area (Å²) in [6.07, 6.45) is 8.25. The molecule has 2 amide bonds. The molecule has 0 aromatic heterocycles. The summed E-state index contributed by atoms with van der Waals surface area (Å²) in [4.78, 5) is 29.7. The van der Waals surface area contributed by atoms with Crippen LogP contribution in [0.2, 0.25) is 0 Å². The summed E-state index contributed by atoms with van der Waals surface area (Å²) in [5, 5.41) is 0. The second kappa shape index (κ2) is 9.38. The van der Waals surface area contributed by atoms with Crippen LogP contribution in [0.15, 0.2) is 54.7 Å². The molecular weight excluding hydrogens is 388 g/mol. The number of rotatable bonds is 4. The molecule has 0 unspecified atom stereocenters. The summed E-state index contributed by atoms with van der Waals surface area (Å²) < 4.78 is 5.30. The van der Waals surface area contributed by atoms with Crippen LogP contribution in [0.3, 0.4) is 0 Å². The first-order valence-corrected chi connectivity index (χ1v) is 11.1. The Morgan fingerprint density at radius 3 is 2.55 bits per heavy atom. The van der Waals surface area contributed by atoms with Crippen LogP contribution in [0.4, 0.5) is 0 Å². The third-order valence-corrected chi connectivity index (χ3v) is 6.41. The van der Waals surface area contributed by atoms with E-state index >= 15 is 0 Å². The fraction of sp³-hybridized carbons (Fsp3) is 0.385. The highest BCUT2D eigenvalue weighted by Crippen LogP contribution is 2.36. The minimum absolute atomic E-state index is 0.0499. The highest BCUT2D eigenvalue weighted by atomic mass is 16.5. The Balaban J connectivity index is 1.61. The Kier molecular flexibility index (Phi) is 6.40. The van der Waals surface area contributed by atoms with E-state index in [1.54, 1.807) is 18.9 Å². The first-order valence-electron chi connectivity index (χ1n) is 11.1. The van der Waals surface area contributed by atoms with E-state index < -0.39 is 0 Å². The van der Waals surface area contributed by atoms with Crippen molar-refractivity contribution in [3.05, 3.63) is 71.4 Å². The molecule has 0 saturated carbocycles. The van der Waals surface area contributed by atoms with Gasteiger partial charge in [0.2, 0.25) is 11.8 Å². The van der Waals surface area contributed by atoms with Crippen molar-refractivity contribution in [2.24, 2.45) is 0 Å². The van der Waals surface area contributed by atoms with Gasteiger partial charge in [-0.25, -0.2) is 0 Å². The summed E-state index contributed by atoms with van der Waals surface area (Å²) in [6, 6.07) is 15.9. The van der Waals surface area contributed by atoms with Crippen LogP contribution >= 0.6 is 0 Å². The summed E-state index contributed by atoms with van der Waals surface area (Å²) in [5.41, 5.74) is 3.24. The molecule has 5 nitrogen and oxygen atoms in total. The molecule has 2 aliphatic heterocycles. The van der Waals surface area contributed by atoms with Crippen molar-refractivity contribution >= 4 is 17.9 Å². The second-order valence-corrected chi connectivity index (χ2v) is 8.32. The number of carbonyl (C=O) groups is 2. The van der Waals surface area contributed by atoms with Gasteiger partial charge in [-0.2, -0.15) is 0 Å². The topological polar surface area (TPSA) is 49.9 Å². The van der Waals surface area contributed by atoms with E-state index in [1.807, 2.05) is 53.6 Å². The number of carbonyl (C=O) groups excluding carboxylic acids is 2. The molecule has 2 aromatic rings. The maximum atomic E-state index is 13.6. The lowest BCUT2D eigenvalue weighted by atomic mass is 9.92. The monoisotopic (exact) mass is 418 g/mol. The van der Waals surface area contributed by atoms with Gasteiger partial charge in [0, 0.05) is 19.7 Å². The molecule has 2 atom stereocenters. The van der Waals surface area contributed by atoms with E-state index in [0.29, 0.717) is 0 Å². The molecule has 0 N–H and O–H groups in total. The Bertz CT molecular complexity index is 967. The van der Waals surface area contributed by atoms with Crippen molar-refractivity contribution in [3.8, 4) is 5.75 Å². The average Bonchev–Trinajstić information content (AvgIpc) is 3.05. The highest BCUT2D eigenvalue weighted by molar-refractivity contribution is 5.82. The van der Waals surface area contributed by atoms with Crippen LogP contribution in [-0.4, -0.2) is 35.3 Å². The van der Waals surface area contributed by atoms with Gasteiger partial charge in [-0.3, -0.25) is 9.59 Å². The van der Waals surface area contributed by atoms with E-state index in [-0.39, 0.29) is 30.3 Å². The molecule has 0 radical (unpaired) electrons. The van der Waals surface area contributed by atoms with Gasteiger partial charge < -0.3 is 14.5 Å². The molecular formula is C26H30N2O3. The summed E-state index contributed by atoms with van der Waals surface area (Å²) in [6.45, 7) is 2.31. The minimum atomic E-state index is -0.272. The van der Waals surface area contributed by atoms with Crippen LogP contribution in [0.5, 0.6) is 5.75 Å². The third kappa shape index (κ3) is 4.50. The fourth-order valence-corrected chi connectivity index (χ4v) is 4.78. The van der Waals surface area contributed by atoms with Gasteiger partial charge in [-0.05, 0) is 47.7 Å². The smallest absolute Gasteiger partial charge is 0.225 e. The standard InChI is InChI=1S/C26H30N2O3/c1-19(29)27-17-15-20-8-5-6-9-23(20)25(27)18-26(30)28-16-7-3-4-10-24(28)21-11-13-22(31-2)14-12-21/h5-6,8-9,11-15,17,24-25H,3-4,7,10,16,18H2,1-2H3/t24-,25+/m1/s1. The number of hydrogen-bond donors (Lipinski definition) is 0. The Morgan fingerprint density at radius 2 is 1.81 bits per heavy atom. The number of hydrogen-bond acceptors (Lipinski definition) is 3. The predicted molar refractivity (Wildman–Crippen MR) is 121 cm³/mol. The SMILES string of the molecule is COc1ccc([C@H]2CCCCCN2C(=O)C[C@H]2c3ccccc3C=CN2C(C)=O)cc1. The van der Waals surface area contributed by atoms with Crippen LogP contribution in [0.1, 0.15) is 67.8 Å². The van der Waals surface area contributed by atoms with Gasteiger partial charge >= 0.3 is 0 Å². The van der Waals surface area contributed by atoms with Gasteiger partial charge in [0.15, 0.2) is 0 Å². The van der Waals surface area contributed by atoms with E-state index in [9.17, 15) is 9.59 Å². The van der Waals surface area contributed by atoms with Gasteiger partial charge in [0.25, 0.3) is 0 Å². The molecule has 0 aliphatic carbocycles. The number of amides is 2. The first kappa shape index (κ1) is 21.2. The molecule has 2 heterocycles. The second-order valence-electron chi connectivity index (χ2n) is 8.32. The van der Waals surface area contributed by atoms with Crippen molar-refractivity contribution < 1.29 is 14.3 Å². The quantitative estimate of drug-likeness (QED) is 0.694. The highest BCUT2D eigenvalue weighted by Gasteiger charge is 2.33. The van der Waals surface area contributed by atoms with Crippen molar-refractivity contribution in [2.75, 3.05) is 13.7 Å². The van der Waals surface area contributed by atoms with Crippen molar-refractivity contribution in [1.82, 2.24) is 9.80 Å². The Labute approximate surface area is 184 Å². The zero-order chi connectivity index (χ0) is 21.8. The lowest BCUT2D eigenvalue weighted by Crippen LogP contribution is -2.39. The summed E-state index contributed by atoms with van der Waals surface area (Å²) in [5.74, 6) is 0.869. The van der Waals surface area contributed by atoms with E-state index in [2.05, 4.69) is 12.1 Å². The zero-order valence-corrected chi connectivity index (χ0v) is 18.3. The minimum Gasteiger partial charge on any atom is -0.497 e. The number of likely N-dealkylation sites (tertiary alicyclic amines) is 1. The van der Waals surface area contributed by atoms with E-state index in [1.165, 1.54) is 0 Å². The Morgan fingerprint density at radius 1 is 1.03 bits per heavy atom.